The van der Waals surface area contributed by atoms with E-state index in [0.717, 1.165) is 25.4 Å². The molecule has 1 aromatic rings. The van der Waals surface area contributed by atoms with E-state index in [1.807, 2.05) is 0 Å². The molecular weight excluding hydrogens is 258 g/mol. The predicted molar refractivity (Wildman–Crippen MR) is 83.5 cm³/mol. The molecule has 0 bridgehead atoms. The number of piperidine rings is 1. The van der Waals surface area contributed by atoms with E-state index in [4.69, 9.17) is 4.74 Å². The second-order valence-electron chi connectivity index (χ2n) is 6.28. The average Bonchev–Trinajstić information content (AvgIpc) is 2.37. The monoisotopic (exact) mass is 283 g/mol. The molecule has 1 saturated heterocycles. The Morgan fingerprint density at radius 3 is 2.53 bits per heavy atom. The minimum absolute atomic E-state index is 0. The first kappa shape index (κ1) is 16.3. The zero-order valence-electron chi connectivity index (χ0n) is 12.2. The highest BCUT2D eigenvalue weighted by Crippen LogP contribution is 2.26. The van der Waals surface area contributed by atoms with Crippen molar-refractivity contribution in [1.29, 1.82) is 0 Å². The first-order valence-electron chi connectivity index (χ1n) is 7.00. The fourth-order valence-corrected chi connectivity index (χ4v) is 2.31. The van der Waals surface area contributed by atoms with Crippen molar-refractivity contribution in [2.75, 3.05) is 19.7 Å². The molecule has 0 unspecified atom stereocenters. The van der Waals surface area contributed by atoms with Gasteiger partial charge in [-0.15, -0.1) is 12.4 Å². The van der Waals surface area contributed by atoms with Crippen molar-refractivity contribution in [2.45, 2.75) is 39.0 Å². The van der Waals surface area contributed by atoms with Crippen molar-refractivity contribution in [2.24, 2.45) is 5.92 Å². The van der Waals surface area contributed by atoms with Gasteiger partial charge in [-0.05, 0) is 55.0 Å². The molecule has 0 atom stereocenters. The summed E-state index contributed by atoms with van der Waals surface area (Å²) >= 11 is 0. The Morgan fingerprint density at radius 1 is 1.21 bits per heavy atom. The summed E-state index contributed by atoms with van der Waals surface area (Å²) in [5.41, 5.74) is 1.53. The highest BCUT2D eigenvalue weighted by atomic mass is 35.5. The van der Waals surface area contributed by atoms with Gasteiger partial charge in [0.1, 0.15) is 5.75 Å². The fourth-order valence-electron chi connectivity index (χ4n) is 2.31. The summed E-state index contributed by atoms with van der Waals surface area (Å²) in [6.45, 7) is 9.83. The molecule has 1 aliphatic heterocycles. The molecule has 2 rings (SSSR count). The molecule has 1 heterocycles. The van der Waals surface area contributed by atoms with Crippen LogP contribution in [0.25, 0.3) is 0 Å². The van der Waals surface area contributed by atoms with Gasteiger partial charge < -0.3 is 10.1 Å². The topological polar surface area (TPSA) is 21.3 Å². The summed E-state index contributed by atoms with van der Waals surface area (Å²) < 4.78 is 5.95. The molecule has 3 heteroatoms. The molecule has 0 radical (unpaired) electrons. The standard InChI is InChI=1S/C16H25NO.ClH/c1-16(2,3)14-5-4-6-15(11-14)18-12-13-7-9-17-10-8-13;/h4-6,11,13,17H,7-10,12H2,1-3H3;1H. The normalized spacial score (nSPS) is 16.8. The summed E-state index contributed by atoms with van der Waals surface area (Å²) in [6, 6.07) is 8.52. The quantitative estimate of drug-likeness (QED) is 0.911. The van der Waals surface area contributed by atoms with Gasteiger partial charge in [0, 0.05) is 0 Å². The molecule has 2 nitrogen and oxygen atoms in total. The number of hydrogen-bond donors (Lipinski definition) is 1. The van der Waals surface area contributed by atoms with Crippen LogP contribution < -0.4 is 10.1 Å². The third-order valence-electron chi connectivity index (χ3n) is 3.64. The Labute approximate surface area is 123 Å². The van der Waals surface area contributed by atoms with E-state index in [0.29, 0.717) is 5.92 Å². The van der Waals surface area contributed by atoms with Crippen LogP contribution in [0.3, 0.4) is 0 Å². The van der Waals surface area contributed by atoms with Crippen LogP contribution in [-0.4, -0.2) is 19.7 Å². The Kier molecular flexibility index (Phi) is 6.15. The minimum atomic E-state index is 0. The highest BCUT2D eigenvalue weighted by molar-refractivity contribution is 5.85. The van der Waals surface area contributed by atoms with Crippen LogP contribution in [0.15, 0.2) is 24.3 Å². The Morgan fingerprint density at radius 2 is 1.89 bits per heavy atom. The van der Waals surface area contributed by atoms with E-state index >= 15 is 0 Å². The van der Waals surface area contributed by atoms with Crippen molar-refractivity contribution in [1.82, 2.24) is 5.32 Å². The van der Waals surface area contributed by atoms with E-state index in [1.165, 1.54) is 18.4 Å². The summed E-state index contributed by atoms with van der Waals surface area (Å²) in [7, 11) is 0. The van der Waals surface area contributed by atoms with Gasteiger partial charge in [-0.25, -0.2) is 0 Å². The second kappa shape index (κ2) is 7.16. The van der Waals surface area contributed by atoms with E-state index < -0.39 is 0 Å². The van der Waals surface area contributed by atoms with E-state index in [-0.39, 0.29) is 17.8 Å². The number of nitrogens with one attached hydrogen (secondary N) is 1. The number of benzene rings is 1. The van der Waals surface area contributed by atoms with Gasteiger partial charge in [-0.3, -0.25) is 0 Å². The predicted octanol–water partition coefficient (Wildman–Crippen LogP) is 3.78. The molecule has 1 aliphatic rings. The maximum atomic E-state index is 5.95. The van der Waals surface area contributed by atoms with Crippen LogP contribution in [0.5, 0.6) is 5.75 Å². The number of ether oxygens (including phenoxy) is 1. The minimum Gasteiger partial charge on any atom is -0.493 e. The summed E-state index contributed by atoms with van der Waals surface area (Å²) in [4.78, 5) is 0. The molecule has 0 aromatic heterocycles. The third kappa shape index (κ3) is 5.04. The Bertz CT molecular complexity index is 381. The van der Waals surface area contributed by atoms with Gasteiger partial charge in [0.15, 0.2) is 0 Å². The molecule has 1 N–H and O–H groups in total. The van der Waals surface area contributed by atoms with Crippen molar-refractivity contribution in [3.05, 3.63) is 29.8 Å². The zero-order valence-corrected chi connectivity index (χ0v) is 13.1. The van der Waals surface area contributed by atoms with E-state index in [9.17, 15) is 0 Å². The maximum Gasteiger partial charge on any atom is 0.119 e. The first-order chi connectivity index (χ1) is 8.55. The zero-order chi connectivity index (χ0) is 13.0. The molecule has 0 spiro atoms. The molecule has 108 valence electrons. The molecule has 0 saturated carbocycles. The lowest BCUT2D eigenvalue weighted by molar-refractivity contribution is 0.215. The molecule has 0 aliphatic carbocycles. The lowest BCUT2D eigenvalue weighted by atomic mass is 9.87. The molecular formula is C16H26ClNO. The van der Waals surface area contributed by atoms with Crippen LogP contribution in [0.4, 0.5) is 0 Å². The van der Waals surface area contributed by atoms with Crippen molar-refractivity contribution < 1.29 is 4.74 Å². The van der Waals surface area contributed by atoms with Crippen LogP contribution in [0.2, 0.25) is 0 Å². The molecule has 19 heavy (non-hydrogen) atoms. The summed E-state index contributed by atoms with van der Waals surface area (Å²) in [5.74, 6) is 1.73. The van der Waals surface area contributed by atoms with Gasteiger partial charge >= 0.3 is 0 Å². The Hall–Kier alpha value is -0.730. The van der Waals surface area contributed by atoms with Gasteiger partial charge in [-0.2, -0.15) is 0 Å². The third-order valence-corrected chi connectivity index (χ3v) is 3.64. The van der Waals surface area contributed by atoms with Crippen molar-refractivity contribution in [3.8, 4) is 5.75 Å². The maximum absolute atomic E-state index is 5.95. The van der Waals surface area contributed by atoms with Gasteiger partial charge in [0.25, 0.3) is 0 Å². The molecule has 1 aromatic carbocycles. The highest BCUT2D eigenvalue weighted by Gasteiger charge is 2.16. The van der Waals surface area contributed by atoms with E-state index in [2.05, 4.69) is 50.4 Å². The number of hydrogen-bond acceptors (Lipinski definition) is 2. The number of halogens is 1. The first-order valence-corrected chi connectivity index (χ1v) is 7.00. The second-order valence-corrected chi connectivity index (χ2v) is 6.28. The van der Waals surface area contributed by atoms with Crippen LogP contribution in [-0.2, 0) is 5.41 Å². The largest absolute Gasteiger partial charge is 0.493 e. The van der Waals surface area contributed by atoms with Gasteiger partial charge in [-0.1, -0.05) is 32.9 Å². The molecule has 1 fully saturated rings. The van der Waals surface area contributed by atoms with Crippen LogP contribution >= 0.6 is 12.4 Å². The summed E-state index contributed by atoms with van der Waals surface area (Å²) in [6.07, 6.45) is 2.47. The lowest BCUT2D eigenvalue weighted by Crippen LogP contribution is -2.30. The van der Waals surface area contributed by atoms with Crippen LogP contribution in [0, 0.1) is 5.92 Å². The van der Waals surface area contributed by atoms with Crippen molar-refractivity contribution in [3.63, 3.8) is 0 Å². The number of rotatable bonds is 3. The summed E-state index contributed by atoms with van der Waals surface area (Å²) in [5, 5.41) is 3.39. The van der Waals surface area contributed by atoms with Gasteiger partial charge in [0.2, 0.25) is 0 Å². The SMILES string of the molecule is CC(C)(C)c1cccc(OCC2CCNCC2)c1.Cl. The smallest absolute Gasteiger partial charge is 0.119 e. The average molecular weight is 284 g/mol. The molecule has 0 amide bonds. The Balaban J connectivity index is 0.00000180. The van der Waals surface area contributed by atoms with E-state index in [1.54, 1.807) is 0 Å². The van der Waals surface area contributed by atoms with Crippen molar-refractivity contribution >= 4 is 12.4 Å². The fraction of sp³-hybridized carbons (Fsp3) is 0.625. The lowest BCUT2D eigenvalue weighted by Gasteiger charge is -2.23. The van der Waals surface area contributed by atoms with Crippen LogP contribution in [0.1, 0.15) is 39.2 Å². The van der Waals surface area contributed by atoms with Gasteiger partial charge in [0.05, 0.1) is 6.61 Å².